The first-order chi connectivity index (χ1) is 8.77. The Morgan fingerprint density at radius 1 is 1.63 bits per heavy atom. The van der Waals surface area contributed by atoms with Gasteiger partial charge in [0, 0.05) is 0 Å². The van der Waals surface area contributed by atoms with Crippen molar-refractivity contribution in [2.24, 2.45) is 0 Å². The molecule has 0 saturated heterocycles. The highest BCUT2D eigenvalue weighted by Gasteiger charge is 2.32. The summed E-state index contributed by atoms with van der Waals surface area (Å²) in [7, 11) is 1.11. The lowest BCUT2D eigenvalue weighted by molar-refractivity contribution is -0.384. The number of nitro benzene ring substituents is 1. The first-order valence-corrected chi connectivity index (χ1v) is 5.26. The van der Waals surface area contributed by atoms with E-state index in [4.69, 9.17) is 0 Å². The molecule has 0 fully saturated rings. The number of rotatable bonds is 5. The number of benzene rings is 1. The lowest BCUT2D eigenvalue weighted by Gasteiger charge is -2.21. The summed E-state index contributed by atoms with van der Waals surface area (Å²) in [5.41, 5.74) is -2.34. The van der Waals surface area contributed by atoms with Crippen LogP contribution in [0.4, 0.5) is 15.8 Å². The number of carbonyl (C=O) groups is 1. The van der Waals surface area contributed by atoms with E-state index in [9.17, 15) is 24.4 Å². The number of hydrogen-bond acceptors (Lipinski definition) is 6. The molecule has 0 bridgehead atoms. The normalized spacial score (nSPS) is 13.5. The topological polar surface area (TPSA) is 102 Å². The third-order valence-electron chi connectivity index (χ3n) is 2.40. The van der Waals surface area contributed by atoms with E-state index in [1.807, 2.05) is 0 Å². The Morgan fingerprint density at radius 3 is 2.79 bits per heavy atom. The minimum Gasteiger partial charge on any atom is -0.467 e. The first kappa shape index (κ1) is 14.8. The van der Waals surface area contributed by atoms with E-state index in [0.717, 1.165) is 25.3 Å². The SMILES string of the molecule is COC(=O)[C@@](C)(O)CNc1ccc(F)cc1[N+](=O)[O-]. The van der Waals surface area contributed by atoms with Gasteiger partial charge in [-0.05, 0) is 19.1 Å². The summed E-state index contributed by atoms with van der Waals surface area (Å²) in [5.74, 6) is -1.64. The molecule has 7 nitrogen and oxygen atoms in total. The Hall–Kier alpha value is -2.22. The maximum absolute atomic E-state index is 12.9. The molecule has 0 unspecified atom stereocenters. The van der Waals surface area contributed by atoms with Crippen LogP contribution in [0.5, 0.6) is 0 Å². The van der Waals surface area contributed by atoms with Crippen molar-refractivity contribution >= 4 is 17.3 Å². The Kier molecular flexibility index (Phi) is 4.38. The van der Waals surface area contributed by atoms with Crippen molar-refractivity contribution in [2.75, 3.05) is 19.0 Å². The molecule has 0 aromatic heterocycles. The van der Waals surface area contributed by atoms with Gasteiger partial charge in [0.05, 0.1) is 24.6 Å². The molecule has 2 N–H and O–H groups in total. The molecule has 1 aromatic rings. The maximum Gasteiger partial charge on any atom is 0.339 e. The molecule has 1 aromatic carbocycles. The molecule has 1 atom stereocenters. The first-order valence-electron chi connectivity index (χ1n) is 5.26. The Labute approximate surface area is 108 Å². The zero-order valence-electron chi connectivity index (χ0n) is 10.3. The molecule has 0 radical (unpaired) electrons. The third kappa shape index (κ3) is 3.62. The van der Waals surface area contributed by atoms with Crippen molar-refractivity contribution in [3.63, 3.8) is 0 Å². The summed E-state index contributed by atoms with van der Waals surface area (Å²) in [5, 5.41) is 23.0. The fraction of sp³-hybridized carbons (Fsp3) is 0.364. The molecule has 19 heavy (non-hydrogen) atoms. The molecule has 0 amide bonds. The summed E-state index contributed by atoms with van der Waals surface area (Å²) in [6.07, 6.45) is 0. The van der Waals surface area contributed by atoms with Crippen molar-refractivity contribution in [1.29, 1.82) is 0 Å². The second-order valence-electron chi connectivity index (χ2n) is 4.04. The minimum atomic E-state index is -1.85. The summed E-state index contributed by atoms with van der Waals surface area (Å²) in [4.78, 5) is 21.2. The summed E-state index contributed by atoms with van der Waals surface area (Å²) in [6.45, 7) is 0.882. The van der Waals surface area contributed by atoms with Crippen LogP contribution < -0.4 is 5.32 Å². The molecule has 0 spiro atoms. The smallest absolute Gasteiger partial charge is 0.339 e. The van der Waals surface area contributed by atoms with Gasteiger partial charge in [-0.1, -0.05) is 0 Å². The quantitative estimate of drug-likeness (QED) is 0.472. The number of halogens is 1. The summed E-state index contributed by atoms with van der Waals surface area (Å²) >= 11 is 0. The molecular formula is C11H13FN2O5. The minimum absolute atomic E-state index is 0.00409. The fourth-order valence-electron chi connectivity index (χ4n) is 1.36. The number of ether oxygens (including phenoxy) is 1. The predicted octanol–water partition coefficient (Wildman–Crippen LogP) is 1.07. The van der Waals surface area contributed by atoms with E-state index < -0.39 is 28.0 Å². The molecule has 0 saturated carbocycles. The predicted molar refractivity (Wildman–Crippen MR) is 64.2 cm³/mol. The van der Waals surface area contributed by atoms with Gasteiger partial charge >= 0.3 is 5.97 Å². The molecular weight excluding hydrogens is 259 g/mol. The zero-order chi connectivity index (χ0) is 14.6. The van der Waals surface area contributed by atoms with Crippen LogP contribution in [0.2, 0.25) is 0 Å². The number of aliphatic hydroxyl groups is 1. The highest BCUT2D eigenvalue weighted by molar-refractivity contribution is 5.79. The van der Waals surface area contributed by atoms with Gasteiger partial charge in [0.25, 0.3) is 5.69 Å². The van der Waals surface area contributed by atoms with Crippen molar-refractivity contribution in [2.45, 2.75) is 12.5 Å². The Morgan fingerprint density at radius 2 is 2.26 bits per heavy atom. The molecule has 0 aliphatic rings. The summed E-state index contributed by atoms with van der Waals surface area (Å²) in [6, 6.07) is 2.93. The van der Waals surface area contributed by atoms with E-state index in [1.54, 1.807) is 0 Å². The Bertz CT molecular complexity index is 504. The van der Waals surface area contributed by atoms with Crippen LogP contribution in [-0.2, 0) is 9.53 Å². The van der Waals surface area contributed by atoms with Crippen molar-refractivity contribution in [3.05, 3.63) is 34.1 Å². The van der Waals surface area contributed by atoms with E-state index in [1.165, 1.54) is 6.92 Å². The van der Waals surface area contributed by atoms with Gasteiger partial charge in [0.1, 0.15) is 11.5 Å². The van der Waals surface area contributed by atoms with E-state index in [2.05, 4.69) is 10.1 Å². The van der Waals surface area contributed by atoms with Gasteiger partial charge in [-0.3, -0.25) is 10.1 Å². The zero-order valence-corrected chi connectivity index (χ0v) is 10.3. The lowest BCUT2D eigenvalue weighted by atomic mass is 10.1. The molecule has 0 aliphatic carbocycles. The van der Waals surface area contributed by atoms with Crippen molar-refractivity contribution in [3.8, 4) is 0 Å². The second kappa shape index (κ2) is 5.61. The van der Waals surface area contributed by atoms with Crippen LogP contribution in [0, 0.1) is 15.9 Å². The third-order valence-corrected chi connectivity index (χ3v) is 2.40. The van der Waals surface area contributed by atoms with E-state index in [-0.39, 0.29) is 12.2 Å². The number of nitrogens with zero attached hydrogens (tertiary/aromatic N) is 1. The lowest BCUT2D eigenvalue weighted by Crippen LogP contribution is -2.42. The van der Waals surface area contributed by atoms with Crippen LogP contribution >= 0.6 is 0 Å². The molecule has 104 valence electrons. The fourth-order valence-corrected chi connectivity index (χ4v) is 1.36. The van der Waals surface area contributed by atoms with Crippen LogP contribution in [0.25, 0.3) is 0 Å². The van der Waals surface area contributed by atoms with Gasteiger partial charge in [0.15, 0.2) is 5.60 Å². The standard InChI is InChI=1S/C11H13FN2O5/c1-11(16,10(15)19-2)6-13-8-4-3-7(12)5-9(8)14(17)18/h3-5,13,16H,6H2,1-2H3/t11-/m0/s1. The van der Waals surface area contributed by atoms with Crippen LogP contribution in [0.3, 0.4) is 0 Å². The highest BCUT2D eigenvalue weighted by atomic mass is 19.1. The van der Waals surface area contributed by atoms with Crippen molar-refractivity contribution in [1.82, 2.24) is 0 Å². The number of nitro groups is 1. The van der Waals surface area contributed by atoms with Gasteiger partial charge in [0.2, 0.25) is 0 Å². The number of hydrogen-bond donors (Lipinski definition) is 2. The van der Waals surface area contributed by atoms with Gasteiger partial charge in [-0.2, -0.15) is 0 Å². The second-order valence-corrected chi connectivity index (χ2v) is 4.04. The molecule has 1 rings (SSSR count). The van der Waals surface area contributed by atoms with Gasteiger partial charge < -0.3 is 15.2 Å². The van der Waals surface area contributed by atoms with Gasteiger partial charge in [-0.25, -0.2) is 9.18 Å². The molecule has 8 heteroatoms. The van der Waals surface area contributed by atoms with Gasteiger partial charge in [-0.15, -0.1) is 0 Å². The summed E-state index contributed by atoms with van der Waals surface area (Å²) < 4.78 is 17.3. The highest BCUT2D eigenvalue weighted by Crippen LogP contribution is 2.25. The van der Waals surface area contributed by atoms with Crippen molar-refractivity contribution < 1.29 is 24.0 Å². The maximum atomic E-state index is 12.9. The molecule has 0 heterocycles. The average molecular weight is 272 g/mol. The van der Waals surface area contributed by atoms with Crippen LogP contribution in [-0.4, -0.2) is 35.3 Å². The monoisotopic (exact) mass is 272 g/mol. The number of nitrogens with one attached hydrogen (secondary N) is 1. The number of carbonyl (C=O) groups excluding carboxylic acids is 1. The number of esters is 1. The van der Waals surface area contributed by atoms with Crippen LogP contribution in [0.1, 0.15) is 6.92 Å². The van der Waals surface area contributed by atoms with Crippen LogP contribution in [0.15, 0.2) is 18.2 Å². The Balaban J connectivity index is 2.89. The average Bonchev–Trinajstić information content (AvgIpc) is 2.36. The van der Waals surface area contributed by atoms with E-state index >= 15 is 0 Å². The molecule has 0 aliphatic heterocycles. The van der Waals surface area contributed by atoms with E-state index in [0.29, 0.717) is 0 Å². The number of methoxy groups -OCH3 is 1. The largest absolute Gasteiger partial charge is 0.467 e. The number of anilines is 1.